The Morgan fingerprint density at radius 2 is 1.87 bits per heavy atom. The van der Waals surface area contributed by atoms with Gasteiger partial charge in [0.05, 0.1) is 26.1 Å². The first-order chi connectivity index (χ1) is 21.8. The number of imidazole rings is 1. The van der Waals surface area contributed by atoms with E-state index in [0.29, 0.717) is 24.5 Å². The van der Waals surface area contributed by atoms with E-state index in [2.05, 4.69) is 42.2 Å². The van der Waals surface area contributed by atoms with Crippen LogP contribution in [0, 0.1) is 11.3 Å². The highest BCUT2D eigenvalue weighted by atomic mass is 32.7. The molecule has 3 saturated heterocycles. The van der Waals surface area contributed by atoms with Crippen LogP contribution in [-0.4, -0.2) is 108 Å². The van der Waals surface area contributed by atoms with Crippen LogP contribution in [0.5, 0.6) is 0 Å². The third kappa shape index (κ3) is 4.92. The molecule has 0 aromatic carbocycles. The zero-order chi connectivity index (χ0) is 32.2. The quantitative estimate of drug-likeness (QED) is 0.111. The van der Waals surface area contributed by atoms with Crippen molar-refractivity contribution in [2.75, 3.05) is 37.8 Å². The summed E-state index contributed by atoms with van der Waals surface area (Å²) in [6.07, 6.45) is -1.45. The molecule has 7 heterocycles. The van der Waals surface area contributed by atoms with Crippen molar-refractivity contribution in [3.05, 3.63) is 19.0 Å². The van der Waals surface area contributed by atoms with Crippen LogP contribution in [0.15, 0.2) is 24.0 Å². The number of quaternary nitrogens is 1. The minimum Gasteiger partial charge on any atom is -0.387 e. The number of ether oxygens (including phenoxy) is 1. The number of aliphatic hydroxyl groups excluding tert-OH is 2. The van der Waals surface area contributed by atoms with Crippen LogP contribution in [0.3, 0.4) is 0 Å². The second-order valence-electron chi connectivity index (χ2n) is 12.0. The summed E-state index contributed by atoms with van der Waals surface area (Å²) in [5.41, 5.74) is 12.0. The van der Waals surface area contributed by atoms with Crippen molar-refractivity contribution in [1.29, 1.82) is 0 Å². The van der Waals surface area contributed by atoms with Gasteiger partial charge in [-0.1, -0.05) is 12.2 Å². The van der Waals surface area contributed by atoms with E-state index in [4.69, 9.17) is 46.1 Å². The van der Waals surface area contributed by atoms with Gasteiger partial charge in [0.1, 0.15) is 55.2 Å². The molecule has 0 amide bonds. The standard InChI is InChI=1S/C23H28N10O9P2S2/c24-18-13-20(28-6-26-18)32(8-30-13)22-16-15(35)12(40-22)4-38-43(36,45)42-17-11(34)3-33(9-31-14-19(25)27-7-29-21(14)33)2-10-1-23(10,17)5-39-44(37,46)41-16/h6-12,15-17,22,34-35H,1-5H2,(H5-,24,25,26,27,28,29,36,37,45,46)/p+1/t10-,11+,12-,15-,16-,17+,22-,23+,33?,43?,44?/m1/s1. The Kier molecular flexibility index (Phi) is 7.18. The Balaban J connectivity index is 1.13. The number of hydrogen-bond acceptors (Lipinski definition) is 17. The number of nitrogens with zero attached hydrogens (tertiary/aromatic N) is 8. The molecule has 46 heavy (non-hydrogen) atoms. The van der Waals surface area contributed by atoms with Gasteiger partial charge in [0.2, 0.25) is 0 Å². The minimum absolute atomic E-state index is 0.0402. The van der Waals surface area contributed by atoms with Gasteiger partial charge in [-0.05, 0) is 18.2 Å². The van der Waals surface area contributed by atoms with Crippen LogP contribution in [0.25, 0.3) is 11.2 Å². The number of aromatic nitrogens is 6. The molecule has 3 unspecified atom stereocenters. The molecule has 3 aromatic heterocycles. The highest BCUT2D eigenvalue weighted by Crippen LogP contribution is 2.67. The minimum atomic E-state index is -4.25. The Morgan fingerprint density at radius 3 is 2.70 bits per heavy atom. The van der Waals surface area contributed by atoms with Crippen molar-refractivity contribution in [3.63, 3.8) is 0 Å². The predicted molar refractivity (Wildman–Crippen MR) is 167 cm³/mol. The normalized spacial score (nSPS) is 43.6. The van der Waals surface area contributed by atoms with Gasteiger partial charge in [-0.2, -0.15) is 9.98 Å². The molecule has 23 heteroatoms. The zero-order valence-corrected chi connectivity index (χ0v) is 27.2. The lowest BCUT2D eigenvalue weighted by atomic mass is 9.94. The van der Waals surface area contributed by atoms with Gasteiger partial charge >= 0.3 is 13.5 Å². The van der Waals surface area contributed by atoms with Gasteiger partial charge in [0.15, 0.2) is 35.5 Å². The van der Waals surface area contributed by atoms with E-state index >= 15 is 0 Å². The molecule has 8 rings (SSSR count). The summed E-state index contributed by atoms with van der Waals surface area (Å²) < 4.78 is 44.9. The lowest BCUT2D eigenvalue weighted by Crippen LogP contribution is -2.54. The van der Waals surface area contributed by atoms with Gasteiger partial charge in [-0.3, -0.25) is 9.09 Å². The number of hydrogen-bond donors (Lipinski definition) is 6. The van der Waals surface area contributed by atoms with Crippen LogP contribution in [0.2, 0.25) is 0 Å². The number of fused-ring (bicyclic) bond motifs is 5. The van der Waals surface area contributed by atoms with Gasteiger partial charge < -0.3 is 44.9 Å². The number of nitrogen functional groups attached to an aromatic ring is 2. The smallest absolute Gasteiger partial charge is 0.386 e. The van der Waals surface area contributed by atoms with Crippen molar-refractivity contribution in [1.82, 2.24) is 34.0 Å². The number of aliphatic hydroxyl groups is 2. The summed E-state index contributed by atoms with van der Waals surface area (Å²) in [6, 6.07) is 0. The van der Waals surface area contributed by atoms with Gasteiger partial charge in [0.25, 0.3) is 5.82 Å². The molecule has 246 valence electrons. The summed E-state index contributed by atoms with van der Waals surface area (Å²) in [7, 11) is 0. The van der Waals surface area contributed by atoms with Crippen LogP contribution in [0.1, 0.15) is 12.6 Å². The van der Waals surface area contributed by atoms with E-state index in [1.54, 1.807) is 6.34 Å². The van der Waals surface area contributed by atoms with E-state index < -0.39 is 62.3 Å². The third-order valence-corrected chi connectivity index (χ3v) is 12.4. The SMILES string of the molecule is Nc1ncnc2c1N=C[N+]21C[C@H]2C[C@]23COP(=O)(S)O[C@@H]2[C@H](O)[C@@H](COP(O)(=S)O[C@H]3[C@@H](O)C1)O[C@H]2n1cnc2c(N)ncnc21. The van der Waals surface area contributed by atoms with Crippen molar-refractivity contribution >= 4 is 78.2 Å². The number of aliphatic imine (C=N–C) groups is 1. The molecule has 1 aliphatic carbocycles. The van der Waals surface area contributed by atoms with Crippen LogP contribution in [-0.2, 0) is 39.2 Å². The van der Waals surface area contributed by atoms with E-state index in [9.17, 15) is 19.7 Å². The summed E-state index contributed by atoms with van der Waals surface area (Å²) in [5, 5.41) is 22.9. The molecular formula is C23H29N10O9P2S2+. The summed E-state index contributed by atoms with van der Waals surface area (Å²) in [5.74, 6) is 0.619. The summed E-state index contributed by atoms with van der Waals surface area (Å²) >= 11 is 9.65. The Labute approximate surface area is 270 Å². The molecule has 1 saturated carbocycles. The molecule has 4 fully saturated rings. The van der Waals surface area contributed by atoms with E-state index in [-0.39, 0.29) is 46.4 Å². The summed E-state index contributed by atoms with van der Waals surface area (Å²) in [4.78, 5) is 36.6. The van der Waals surface area contributed by atoms with Crippen LogP contribution in [0.4, 0.5) is 23.1 Å². The van der Waals surface area contributed by atoms with Crippen LogP contribution >= 0.6 is 25.8 Å². The van der Waals surface area contributed by atoms with Gasteiger partial charge in [0, 0.05) is 11.3 Å². The average molecular weight is 716 g/mol. The largest absolute Gasteiger partial charge is 0.387 e. The first-order valence-electron chi connectivity index (χ1n) is 14.1. The molecule has 7 N–H and O–H groups in total. The fourth-order valence-corrected chi connectivity index (χ4v) is 10.0. The number of nitrogens with two attached hydrogens (primary N) is 2. The van der Waals surface area contributed by atoms with Gasteiger partial charge in [-0.15, -0.1) is 0 Å². The van der Waals surface area contributed by atoms with Crippen LogP contribution < -0.4 is 16.0 Å². The molecule has 0 radical (unpaired) electrons. The number of thiol groups is 1. The first kappa shape index (κ1) is 31.1. The maximum Gasteiger partial charge on any atom is 0.386 e. The maximum atomic E-state index is 13.8. The lowest BCUT2D eigenvalue weighted by Gasteiger charge is -2.34. The lowest BCUT2D eigenvalue weighted by molar-refractivity contribution is -0.0620. The Morgan fingerprint density at radius 1 is 1.09 bits per heavy atom. The monoisotopic (exact) mass is 715 g/mol. The predicted octanol–water partition coefficient (Wildman–Crippen LogP) is 0.173. The highest BCUT2D eigenvalue weighted by molar-refractivity contribution is 8.44. The maximum absolute atomic E-state index is 13.8. The molecule has 3 aromatic rings. The zero-order valence-electron chi connectivity index (χ0n) is 23.7. The fraction of sp³-hybridized carbons (Fsp3) is 0.565. The van der Waals surface area contributed by atoms with Crippen molar-refractivity contribution < 1.29 is 42.5 Å². The van der Waals surface area contributed by atoms with E-state index in [1.165, 1.54) is 23.5 Å². The Hall–Kier alpha value is -2.23. The van der Waals surface area contributed by atoms with Gasteiger partial charge in [-0.25, -0.2) is 29.0 Å². The van der Waals surface area contributed by atoms with Crippen molar-refractivity contribution in [2.45, 2.75) is 43.2 Å². The molecule has 5 aliphatic rings. The van der Waals surface area contributed by atoms with Crippen molar-refractivity contribution in [3.8, 4) is 0 Å². The molecule has 2 bridgehead atoms. The Bertz CT molecular complexity index is 1870. The molecule has 19 nitrogen and oxygen atoms in total. The second kappa shape index (κ2) is 10.6. The third-order valence-electron chi connectivity index (χ3n) is 9.29. The molecular weight excluding hydrogens is 686 g/mol. The van der Waals surface area contributed by atoms with E-state index in [0.717, 1.165) is 0 Å². The fourth-order valence-electron chi connectivity index (χ4n) is 7.01. The number of rotatable bonds is 1. The molecule has 2 spiro atoms. The first-order valence-corrected chi connectivity index (χ1v) is 19.4. The molecule has 4 aliphatic heterocycles. The second-order valence-corrected chi connectivity index (χ2v) is 17.7. The van der Waals surface area contributed by atoms with Crippen molar-refractivity contribution in [2.24, 2.45) is 16.3 Å². The number of anilines is 2. The summed E-state index contributed by atoms with van der Waals surface area (Å²) in [6.45, 7) is -8.60. The topological polar surface area (TPSA) is 258 Å². The average Bonchev–Trinajstić information content (AvgIpc) is 3.23. The highest BCUT2D eigenvalue weighted by Gasteiger charge is 2.69. The van der Waals surface area contributed by atoms with E-state index in [1.807, 2.05) is 0 Å². The molecule has 11 atom stereocenters.